The Kier molecular flexibility index (Phi) is 10.7. The number of morpholine rings is 1. The van der Waals surface area contributed by atoms with Gasteiger partial charge in [0.1, 0.15) is 11.3 Å². The van der Waals surface area contributed by atoms with Gasteiger partial charge in [0.15, 0.2) is 11.3 Å². The van der Waals surface area contributed by atoms with E-state index in [4.69, 9.17) is 14.5 Å². The number of anilines is 2. The summed E-state index contributed by atoms with van der Waals surface area (Å²) >= 11 is 1.40. The molecule has 0 saturated carbocycles. The van der Waals surface area contributed by atoms with Gasteiger partial charge in [0.25, 0.3) is 5.91 Å². The van der Waals surface area contributed by atoms with Gasteiger partial charge in [0.2, 0.25) is 11.8 Å². The van der Waals surface area contributed by atoms with E-state index in [1.807, 2.05) is 72.8 Å². The molecule has 0 spiro atoms. The Morgan fingerprint density at radius 1 is 0.961 bits per heavy atom. The second-order valence-corrected chi connectivity index (χ2v) is 13.7. The molecule has 12 heteroatoms. The van der Waals surface area contributed by atoms with Crippen molar-refractivity contribution in [3.8, 4) is 0 Å². The number of ether oxygens (including phenoxy) is 2. The van der Waals surface area contributed by atoms with Crippen molar-refractivity contribution in [1.29, 1.82) is 0 Å². The molecule has 3 atom stereocenters. The van der Waals surface area contributed by atoms with E-state index in [-0.39, 0.29) is 17.7 Å². The number of rotatable bonds is 10. The summed E-state index contributed by atoms with van der Waals surface area (Å²) in [6, 6.07) is 29.7. The van der Waals surface area contributed by atoms with Crippen LogP contribution in [0.15, 0.2) is 108 Å². The number of hydrogen-bond acceptors (Lipinski definition) is 9. The highest BCUT2D eigenvalue weighted by Crippen LogP contribution is 2.41. The smallest absolute Gasteiger partial charge is 0.257 e. The van der Waals surface area contributed by atoms with Gasteiger partial charge >= 0.3 is 0 Å². The first-order chi connectivity index (χ1) is 25.0. The van der Waals surface area contributed by atoms with Crippen LogP contribution in [0.25, 0.3) is 0 Å². The molecule has 1 unspecified atom stereocenters. The lowest BCUT2D eigenvalue weighted by atomic mass is 10.1. The van der Waals surface area contributed by atoms with Gasteiger partial charge in [0.05, 0.1) is 31.1 Å². The highest BCUT2D eigenvalue weighted by atomic mass is 32.2. The molecule has 0 bridgehead atoms. The molecule has 3 saturated heterocycles. The number of nitrogens with zero attached hydrogens (tertiary/aromatic N) is 5. The quantitative estimate of drug-likeness (QED) is 0.222. The molecule has 4 heterocycles. The van der Waals surface area contributed by atoms with Crippen LogP contribution < -0.4 is 10.2 Å². The van der Waals surface area contributed by atoms with Gasteiger partial charge in [-0.3, -0.25) is 24.3 Å². The van der Waals surface area contributed by atoms with E-state index < -0.39 is 17.4 Å². The van der Waals surface area contributed by atoms with Gasteiger partial charge in [-0.25, -0.2) is 4.99 Å². The molecule has 3 aliphatic heterocycles. The average Bonchev–Trinajstić information content (AvgIpc) is 3.79. The molecule has 262 valence electrons. The summed E-state index contributed by atoms with van der Waals surface area (Å²) in [5.41, 5.74) is 4.77. The first-order valence-electron chi connectivity index (χ1n) is 17.2. The predicted molar refractivity (Wildman–Crippen MR) is 198 cm³/mol. The average molecular weight is 705 g/mol. The maximum absolute atomic E-state index is 14.0. The number of methoxy groups -OCH3 is 1. The fourth-order valence-electron chi connectivity index (χ4n) is 6.65. The highest BCUT2D eigenvalue weighted by molar-refractivity contribution is 8.15. The zero-order valence-electron chi connectivity index (χ0n) is 28.4. The second-order valence-electron chi connectivity index (χ2n) is 12.6. The van der Waals surface area contributed by atoms with Crippen LogP contribution in [0.5, 0.6) is 0 Å². The van der Waals surface area contributed by atoms with E-state index in [1.54, 1.807) is 28.1 Å². The minimum atomic E-state index is -0.777. The number of aromatic nitrogens is 1. The van der Waals surface area contributed by atoms with Crippen molar-refractivity contribution >= 4 is 51.7 Å². The van der Waals surface area contributed by atoms with E-state index in [2.05, 4.69) is 27.3 Å². The van der Waals surface area contributed by atoms with E-state index in [1.165, 1.54) is 18.9 Å². The molecule has 11 nitrogen and oxygen atoms in total. The summed E-state index contributed by atoms with van der Waals surface area (Å²) < 4.78 is 11.0. The summed E-state index contributed by atoms with van der Waals surface area (Å²) in [6.45, 7) is 3.91. The summed E-state index contributed by atoms with van der Waals surface area (Å²) in [5.74, 6) is -0.565. The number of amidine groups is 1. The van der Waals surface area contributed by atoms with Crippen LogP contribution in [0.3, 0.4) is 0 Å². The molecule has 3 amide bonds. The Morgan fingerprint density at radius 2 is 1.71 bits per heavy atom. The number of likely N-dealkylation sites (tertiary alicyclic amines) is 1. The third-order valence-corrected chi connectivity index (χ3v) is 10.6. The molecular weight excluding hydrogens is 665 g/mol. The summed E-state index contributed by atoms with van der Waals surface area (Å²) in [4.78, 5) is 55.9. The number of nitrogens with one attached hydrogen (secondary N) is 1. The predicted octanol–water partition coefficient (Wildman–Crippen LogP) is 5.74. The van der Waals surface area contributed by atoms with Crippen molar-refractivity contribution in [3.63, 3.8) is 0 Å². The van der Waals surface area contributed by atoms with Crippen LogP contribution in [0, 0.1) is 0 Å². The fraction of sp³-hybridized carbons (Fsp3) is 0.308. The SMILES string of the molecule is CO[C@H](C(=O)N1CCC[C@H]1C(=O)Nc1ccc(C2S/C(=N\c3ccc(N4CCOCC4)cc3)N(Cc3ccccn3)C2=O)cc1)c1ccccc1. The normalized spacial score (nSPS) is 20.5. The summed E-state index contributed by atoms with van der Waals surface area (Å²) in [5, 5.41) is 3.07. The lowest BCUT2D eigenvalue weighted by Gasteiger charge is -2.28. The monoisotopic (exact) mass is 704 g/mol. The lowest BCUT2D eigenvalue weighted by Crippen LogP contribution is -2.45. The number of benzene rings is 3. The summed E-state index contributed by atoms with van der Waals surface area (Å²) in [7, 11) is 1.51. The maximum Gasteiger partial charge on any atom is 0.257 e. The van der Waals surface area contributed by atoms with Crippen LogP contribution >= 0.6 is 11.8 Å². The Hall–Kier alpha value is -5.04. The third kappa shape index (κ3) is 7.83. The van der Waals surface area contributed by atoms with E-state index in [0.717, 1.165) is 47.7 Å². The van der Waals surface area contributed by atoms with Gasteiger partial charge in [-0.2, -0.15) is 0 Å². The Bertz CT molecular complexity index is 1850. The Morgan fingerprint density at radius 3 is 2.41 bits per heavy atom. The van der Waals surface area contributed by atoms with Crippen molar-refractivity contribution in [2.45, 2.75) is 36.8 Å². The summed E-state index contributed by atoms with van der Waals surface area (Å²) in [6.07, 6.45) is 2.24. The van der Waals surface area contributed by atoms with Crippen LogP contribution in [0.4, 0.5) is 17.1 Å². The van der Waals surface area contributed by atoms with Gasteiger partial charge in [0, 0.05) is 44.3 Å². The molecule has 1 N–H and O–H groups in total. The molecule has 3 aromatic carbocycles. The molecule has 7 rings (SSSR count). The van der Waals surface area contributed by atoms with Gasteiger partial charge in [-0.1, -0.05) is 60.3 Å². The first kappa shape index (κ1) is 34.4. The topological polar surface area (TPSA) is 117 Å². The number of pyridine rings is 1. The molecule has 0 radical (unpaired) electrons. The van der Waals surface area contributed by atoms with Crippen LogP contribution in [0.1, 0.15) is 41.0 Å². The van der Waals surface area contributed by atoms with Crippen molar-refractivity contribution in [1.82, 2.24) is 14.8 Å². The number of aliphatic imine (C=N–C) groups is 1. The first-order valence-corrected chi connectivity index (χ1v) is 18.0. The highest BCUT2D eigenvalue weighted by Gasteiger charge is 2.40. The Balaban J connectivity index is 1.05. The molecular formula is C39H40N6O5S. The Labute approximate surface area is 301 Å². The van der Waals surface area contributed by atoms with Crippen molar-refractivity contribution in [3.05, 3.63) is 120 Å². The van der Waals surface area contributed by atoms with Gasteiger partial charge in [-0.15, -0.1) is 0 Å². The minimum Gasteiger partial charge on any atom is -0.378 e. The third-order valence-electron chi connectivity index (χ3n) is 9.32. The van der Waals surface area contributed by atoms with Crippen molar-refractivity contribution < 1.29 is 23.9 Å². The zero-order valence-corrected chi connectivity index (χ0v) is 29.2. The van der Waals surface area contributed by atoms with Crippen LogP contribution in [0.2, 0.25) is 0 Å². The number of hydrogen-bond donors (Lipinski definition) is 1. The zero-order chi connectivity index (χ0) is 35.2. The van der Waals surface area contributed by atoms with Crippen molar-refractivity contribution in [2.24, 2.45) is 4.99 Å². The lowest BCUT2D eigenvalue weighted by molar-refractivity contribution is -0.146. The number of carbonyl (C=O) groups excluding carboxylic acids is 3. The molecule has 1 aromatic heterocycles. The molecule has 0 aliphatic carbocycles. The largest absolute Gasteiger partial charge is 0.378 e. The van der Waals surface area contributed by atoms with Gasteiger partial charge < -0.3 is 24.6 Å². The second kappa shape index (κ2) is 15.9. The van der Waals surface area contributed by atoms with E-state index in [0.29, 0.717) is 43.6 Å². The number of carbonyl (C=O) groups is 3. The van der Waals surface area contributed by atoms with Crippen LogP contribution in [-0.2, 0) is 30.4 Å². The maximum atomic E-state index is 14.0. The standard InChI is InChI=1S/C39H40N6O5S/c1-49-34(27-8-3-2-4-9-27)37(47)44-21-7-11-33(44)36(46)41-29-14-12-28(13-15-29)35-38(48)45(26-31-10-5-6-20-40-31)39(51-35)42-30-16-18-32(19-17-30)43-22-24-50-25-23-43/h2-6,8-10,12-20,33-35H,7,11,21-26H2,1H3,(H,41,46)/b42-39-/t33-,34-,35?/m0/s1. The fourth-order valence-corrected chi connectivity index (χ4v) is 7.82. The van der Waals surface area contributed by atoms with E-state index in [9.17, 15) is 14.4 Å². The van der Waals surface area contributed by atoms with E-state index >= 15 is 0 Å². The number of thioether (sulfide) groups is 1. The van der Waals surface area contributed by atoms with Gasteiger partial charge in [-0.05, 0) is 72.5 Å². The van der Waals surface area contributed by atoms with Crippen molar-refractivity contribution in [2.75, 3.05) is 50.2 Å². The van der Waals surface area contributed by atoms with Crippen LogP contribution in [-0.4, -0.2) is 83.7 Å². The molecule has 3 fully saturated rings. The minimum absolute atomic E-state index is 0.0858. The molecule has 4 aromatic rings. The number of amides is 3. The molecule has 3 aliphatic rings. The molecule has 51 heavy (non-hydrogen) atoms.